The summed E-state index contributed by atoms with van der Waals surface area (Å²) in [5, 5.41) is 21.2. The largest absolute Gasteiger partial charge is 0.508 e. The Morgan fingerprint density at radius 2 is 1.23 bits per heavy atom. The lowest BCUT2D eigenvalue weighted by atomic mass is 9.94. The number of benzene rings is 2. The van der Waals surface area contributed by atoms with Gasteiger partial charge in [-0.3, -0.25) is 24.2 Å². The summed E-state index contributed by atoms with van der Waals surface area (Å²) in [6.07, 6.45) is 1.47. The lowest BCUT2D eigenvalue weighted by Gasteiger charge is -2.30. The van der Waals surface area contributed by atoms with Crippen molar-refractivity contribution in [2.45, 2.75) is 76.5 Å². The Kier molecular flexibility index (Phi) is 12.5. The van der Waals surface area contributed by atoms with Crippen LogP contribution in [0.15, 0.2) is 47.5 Å². The van der Waals surface area contributed by atoms with Crippen molar-refractivity contribution in [1.82, 2.24) is 21.3 Å². The van der Waals surface area contributed by atoms with Crippen LogP contribution in [-0.2, 0) is 32.0 Å². The molecule has 4 atom stereocenters. The van der Waals surface area contributed by atoms with Gasteiger partial charge in [-0.2, -0.15) is 0 Å². The average Bonchev–Trinajstić information content (AvgIpc) is 2.97. The highest BCUT2D eigenvalue weighted by Crippen LogP contribution is 2.22. The van der Waals surface area contributed by atoms with Crippen molar-refractivity contribution < 1.29 is 24.3 Å². The van der Waals surface area contributed by atoms with E-state index in [1.165, 1.54) is 0 Å². The van der Waals surface area contributed by atoms with Crippen LogP contribution in [0, 0.1) is 13.8 Å². The summed E-state index contributed by atoms with van der Waals surface area (Å²) in [6, 6.07) is 8.17. The predicted molar refractivity (Wildman–Crippen MR) is 167 cm³/mol. The summed E-state index contributed by atoms with van der Waals surface area (Å²) in [4.78, 5) is 58.6. The van der Waals surface area contributed by atoms with Crippen molar-refractivity contribution in [3.63, 3.8) is 0 Å². The summed E-state index contributed by atoms with van der Waals surface area (Å²) < 4.78 is 0. The molecule has 1 unspecified atom stereocenters. The smallest absolute Gasteiger partial charge is 0.243 e. The zero-order valence-corrected chi connectivity index (χ0v) is 25.3. The number of carbonyl (C=O) groups excluding carboxylic acids is 4. The molecule has 1 aliphatic rings. The molecular formula is C31H44N8O5. The third-order valence-electron chi connectivity index (χ3n) is 7.55. The molecule has 0 aliphatic carbocycles. The number of aryl methyl sites for hydroxylation is 2. The maximum Gasteiger partial charge on any atom is 0.243 e. The molecule has 238 valence electrons. The first-order valence-corrected chi connectivity index (χ1v) is 14.8. The summed E-state index contributed by atoms with van der Waals surface area (Å²) in [7, 11) is 0. The third-order valence-corrected chi connectivity index (χ3v) is 7.55. The SMILES string of the molecule is Cc1cc(O)cc(C)c1C[C@@H]1NC(=O)C(CCCN)NC(=O)[C@H](Cc2ccccc2)NC(=O)[C@@H](CCCN=C(N)N)NC1=O. The molecule has 2 aromatic carbocycles. The molecule has 0 saturated carbocycles. The Balaban J connectivity index is 1.99. The molecule has 1 heterocycles. The molecule has 11 N–H and O–H groups in total. The van der Waals surface area contributed by atoms with Crippen molar-refractivity contribution in [2.24, 2.45) is 22.2 Å². The van der Waals surface area contributed by atoms with Gasteiger partial charge in [0.1, 0.15) is 29.9 Å². The first-order chi connectivity index (χ1) is 21.0. The Bertz CT molecular complexity index is 1320. The molecular weight excluding hydrogens is 564 g/mol. The summed E-state index contributed by atoms with van der Waals surface area (Å²) in [5.74, 6) is -2.22. The van der Waals surface area contributed by atoms with Crippen LogP contribution in [0.1, 0.15) is 47.9 Å². The number of guanidine groups is 1. The fourth-order valence-electron chi connectivity index (χ4n) is 5.22. The number of phenols is 1. The van der Waals surface area contributed by atoms with Gasteiger partial charge < -0.3 is 43.6 Å². The van der Waals surface area contributed by atoms with E-state index in [2.05, 4.69) is 26.3 Å². The average molecular weight is 609 g/mol. The molecule has 0 spiro atoms. The van der Waals surface area contributed by atoms with Crippen molar-refractivity contribution >= 4 is 29.6 Å². The van der Waals surface area contributed by atoms with Gasteiger partial charge in [-0.1, -0.05) is 30.3 Å². The molecule has 1 saturated heterocycles. The highest BCUT2D eigenvalue weighted by Gasteiger charge is 2.34. The first kappa shape index (κ1) is 33.8. The number of aliphatic imine (C=N–C) groups is 1. The van der Waals surface area contributed by atoms with E-state index in [1.54, 1.807) is 26.0 Å². The quantitative estimate of drug-likeness (QED) is 0.0943. The van der Waals surface area contributed by atoms with Crippen LogP contribution in [0.3, 0.4) is 0 Å². The van der Waals surface area contributed by atoms with Gasteiger partial charge in [0.05, 0.1) is 0 Å². The standard InChI is InChI=1S/C31H44N8O5/c1-18-14-21(40)15-19(2)22(18)17-26-30(44)37-24(11-7-13-35-31(33)34)28(42)38-25(16-20-8-4-3-5-9-20)29(43)36-23(10-6-12-32)27(41)39-26/h3-5,8-9,14-15,23-26,40H,6-7,10-13,16-17,32H2,1-2H3,(H,36,43)(H,37,44)(H,38,42)(H,39,41)(H4,33,34,35)/t23?,24-,25+,26+/m1/s1. The van der Waals surface area contributed by atoms with Gasteiger partial charge in [0.2, 0.25) is 23.6 Å². The van der Waals surface area contributed by atoms with Crippen LogP contribution in [0.2, 0.25) is 0 Å². The van der Waals surface area contributed by atoms with Crippen molar-refractivity contribution in [3.05, 3.63) is 64.7 Å². The number of phenolic OH excluding ortho intramolecular Hbond substituents is 1. The lowest BCUT2D eigenvalue weighted by Crippen LogP contribution is -2.62. The minimum Gasteiger partial charge on any atom is -0.508 e. The number of carbonyl (C=O) groups is 4. The number of nitrogens with zero attached hydrogens (tertiary/aromatic N) is 1. The molecule has 0 bridgehead atoms. The molecule has 2 aromatic rings. The second-order valence-corrected chi connectivity index (χ2v) is 11.1. The molecule has 13 nitrogen and oxygen atoms in total. The topological polar surface area (TPSA) is 227 Å². The van der Waals surface area contributed by atoms with Gasteiger partial charge in [0.15, 0.2) is 5.96 Å². The number of nitrogens with one attached hydrogen (secondary N) is 4. The first-order valence-electron chi connectivity index (χ1n) is 14.8. The fraction of sp³-hybridized carbons (Fsp3) is 0.452. The van der Waals surface area contributed by atoms with Crippen LogP contribution >= 0.6 is 0 Å². The lowest BCUT2D eigenvalue weighted by molar-refractivity contribution is -0.136. The van der Waals surface area contributed by atoms with Crippen LogP contribution in [0.25, 0.3) is 0 Å². The minimum absolute atomic E-state index is 0.0862. The maximum absolute atomic E-state index is 13.8. The maximum atomic E-state index is 13.8. The van der Waals surface area contributed by atoms with Gasteiger partial charge in [-0.25, -0.2) is 0 Å². The zero-order valence-electron chi connectivity index (χ0n) is 25.3. The van der Waals surface area contributed by atoms with Crippen molar-refractivity contribution in [3.8, 4) is 5.75 Å². The summed E-state index contributed by atoms with van der Waals surface area (Å²) >= 11 is 0. The normalized spacial score (nSPS) is 21.2. The Morgan fingerprint density at radius 3 is 1.75 bits per heavy atom. The van der Waals surface area contributed by atoms with Crippen molar-refractivity contribution in [2.75, 3.05) is 13.1 Å². The van der Waals surface area contributed by atoms with Gasteiger partial charge in [0, 0.05) is 19.4 Å². The van der Waals surface area contributed by atoms with Gasteiger partial charge in [-0.05, 0) is 80.5 Å². The molecule has 1 aliphatic heterocycles. The van der Waals surface area contributed by atoms with E-state index in [1.807, 2.05) is 30.3 Å². The molecule has 1 fully saturated rings. The Morgan fingerprint density at radius 1 is 0.750 bits per heavy atom. The van der Waals surface area contributed by atoms with Crippen LogP contribution in [0.4, 0.5) is 0 Å². The number of rotatable bonds is 11. The van der Waals surface area contributed by atoms with Crippen LogP contribution < -0.4 is 38.5 Å². The summed E-state index contributed by atoms with van der Waals surface area (Å²) in [6.45, 7) is 4.12. The predicted octanol–water partition coefficient (Wildman–Crippen LogP) is -0.460. The second kappa shape index (κ2) is 16.3. The van der Waals surface area contributed by atoms with E-state index in [-0.39, 0.29) is 43.9 Å². The number of hydrogen-bond acceptors (Lipinski definition) is 7. The van der Waals surface area contributed by atoms with Crippen LogP contribution in [0.5, 0.6) is 5.75 Å². The molecule has 4 amide bonds. The summed E-state index contributed by atoms with van der Waals surface area (Å²) in [5.41, 5.74) is 19.6. The molecule has 44 heavy (non-hydrogen) atoms. The Labute approximate surface area is 257 Å². The fourth-order valence-corrected chi connectivity index (χ4v) is 5.22. The highest BCUT2D eigenvalue weighted by molar-refractivity contribution is 5.97. The van der Waals surface area contributed by atoms with E-state index in [0.29, 0.717) is 19.4 Å². The molecule has 13 heteroatoms. The third kappa shape index (κ3) is 9.97. The van der Waals surface area contributed by atoms with E-state index in [4.69, 9.17) is 17.2 Å². The molecule has 0 aromatic heterocycles. The zero-order chi connectivity index (χ0) is 32.2. The van der Waals surface area contributed by atoms with Crippen molar-refractivity contribution in [1.29, 1.82) is 0 Å². The minimum atomic E-state index is -1.09. The van der Waals surface area contributed by atoms with Gasteiger partial charge in [-0.15, -0.1) is 0 Å². The molecule has 3 rings (SSSR count). The number of amides is 4. The van der Waals surface area contributed by atoms with E-state index in [0.717, 1.165) is 22.3 Å². The van der Waals surface area contributed by atoms with E-state index < -0.39 is 47.8 Å². The highest BCUT2D eigenvalue weighted by atomic mass is 16.3. The number of hydrogen-bond donors (Lipinski definition) is 8. The Hall–Kier alpha value is -4.65. The van der Waals surface area contributed by atoms with Gasteiger partial charge in [0.25, 0.3) is 0 Å². The second-order valence-electron chi connectivity index (χ2n) is 11.1. The van der Waals surface area contributed by atoms with E-state index in [9.17, 15) is 24.3 Å². The van der Waals surface area contributed by atoms with Gasteiger partial charge >= 0.3 is 0 Å². The van der Waals surface area contributed by atoms with Crippen LogP contribution in [-0.4, -0.2) is 72.0 Å². The number of aromatic hydroxyl groups is 1. The van der Waals surface area contributed by atoms with E-state index >= 15 is 0 Å². The molecule has 0 radical (unpaired) electrons. The number of nitrogens with two attached hydrogens (primary N) is 3. The monoisotopic (exact) mass is 608 g/mol.